The summed E-state index contributed by atoms with van der Waals surface area (Å²) in [5.74, 6) is 0.0588. The molecule has 1 aromatic heterocycles. The maximum atomic E-state index is 12.7. The lowest BCUT2D eigenvalue weighted by molar-refractivity contribution is -0.0241. The SMILES string of the molecule is Nc1ncccc1S(=O)(=O)N1CCOC2CCCC21. The zero-order chi connectivity index (χ0) is 13.5. The third-order valence-corrected chi connectivity index (χ3v) is 5.79. The van der Waals surface area contributed by atoms with Gasteiger partial charge >= 0.3 is 0 Å². The minimum absolute atomic E-state index is 0.0291. The Balaban J connectivity index is 1.98. The van der Waals surface area contributed by atoms with Crippen LogP contribution in [-0.2, 0) is 14.8 Å². The molecule has 3 rings (SSSR count). The van der Waals surface area contributed by atoms with Gasteiger partial charge in [0.15, 0.2) is 0 Å². The van der Waals surface area contributed by atoms with Gasteiger partial charge in [0.1, 0.15) is 10.7 Å². The average Bonchev–Trinajstić information content (AvgIpc) is 2.86. The van der Waals surface area contributed by atoms with Crippen molar-refractivity contribution in [1.82, 2.24) is 9.29 Å². The van der Waals surface area contributed by atoms with Gasteiger partial charge in [-0.05, 0) is 31.4 Å². The Morgan fingerprint density at radius 2 is 2.26 bits per heavy atom. The molecule has 1 aliphatic carbocycles. The highest BCUT2D eigenvalue weighted by atomic mass is 32.2. The Labute approximate surface area is 112 Å². The van der Waals surface area contributed by atoms with E-state index in [-0.39, 0.29) is 22.9 Å². The number of morpholine rings is 1. The Morgan fingerprint density at radius 1 is 1.42 bits per heavy atom. The second kappa shape index (κ2) is 4.73. The first-order valence-electron chi connectivity index (χ1n) is 6.44. The second-order valence-corrected chi connectivity index (χ2v) is 6.77. The normalized spacial score (nSPS) is 28.2. The monoisotopic (exact) mass is 283 g/mol. The topological polar surface area (TPSA) is 85.5 Å². The molecule has 0 radical (unpaired) electrons. The van der Waals surface area contributed by atoms with Crippen molar-refractivity contribution in [1.29, 1.82) is 0 Å². The van der Waals surface area contributed by atoms with Crippen LogP contribution in [0.15, 0.2) is 23.2 Å². The van der Waals surface area contributed by atoms with E-state index in [4.69, 9.17) is 10.5 Å². The van der Waals surface area contributed by atoms with Crippen LogP contribution in [0.5, 0.6) is 0 Å². The summed E-state index contributed by atoms with van der Waals surface area (Å²) in [7, 11) is -3.58. The molecule has 7 heteroatoms. The zero-order valence-corrected chi connectivity index (χ0v) is 11.3. The molecule has 2 unspecified atom stereocenters. The lowest BCUT2D eigenvalue weighted by Gasteiger charge is -2.36. The average molecular weight is 283 g/mol. The molecule has 19 heavy (non-hydrogen) atoms. The fourth-order valence-corrected chi connectivity index (χ4v) is 4.67. The van der Waals surface area contributed by atoms with Crippen LogP contribution in [-0.4, -0.2) is 43.0 Å². The maximum Gasteiger partial charge on any atom is 0.247 e. The largest absolute Gasteiger partial charge is 0.383 e. The number of aromatic nitrogens is 1. The number of anilines is 1. The summed E-state index contributed by atoms with van der Waals surface area (Å²) in [4.78, 5) is 3.97. The lowest BCUT2D eigenvalue weighted by Crippen LogP contribution is -2.51. The van der Waals surface area contributed by atoms with Crippen LogP contribution >= 0.6 is 0 Å². The molecule has 0 spiro atoms. The maximum absolute atomic E-state index is 12.7. The summed E-state index contributed by atoms with van der Waals surface area (Å²) in [5, 5.41) is 0. The van der Waals surface area contributed by atoms with Gasteiger partial charge in [0.25, 0.3) is 0 Å². The number of nitrogens with zero attached hydrogens (tertiary/aromatic N) is 2. The van der Waals surface area contributed by atoms with Crippen LogP contribution in [0.4, 0.5) is 5.82 Å². The van der Waals surface area contributed by atoms with Crippen molar-refractivity contribution in [3.8, 4) is 0 Å². The first-order valence-corrected chi connectivity index (χ1v) is 7.88. The van der Waals surface area contributed by atoms with E-state index in [0.29, 0.717) is 13.2 Å². The third-order valence-electron chi connectivity index (χ3n) is 3.82. The number of nitrogens with two attached hydrogens (primary N) is 1. The van der Waals surface area contributed by atoms with Crippen LogP contribution < -0.4 is 5.73 Å². The molecule has 1 saturated carbocycles. The van der Waals surface area contributed by atoms with Gasteiger partial charge in [-0.1, -0.05) is 0 Å². The molecule has 0 aromatic carbocycles. The number of sulfonamides is 1. The summed E-state index contributed by atoms with van der Waals surface area (Å²) in [6.45, 7) is 0.832. The summed E-state index contributed by atoms with van der Waals surface area (Å²) in [5.41, 5.74) is 5.70. The van der Waals surface area contributed by atoms with E-state index in [1.807, 2.05) is 0 Å². The minimum atomic E-state index is -3.58. The standard InChI is InChI=1S/C12H17N3O3S/c13-12-11(5-2-6-14-12)19(16,17)15-7-8-18-10-4-1-3-9(10)15/h2,5-6,9-10H,1,3-4,7-8H2,(H2,13,14). The van der Waals surface area contributed by atoms with Gasteiger partial charge in [-0.25, -0.2) is 13.4 Å². The Morgan fingerprint density at radius 3 is 3.05 bits per heavy atom. The molecular formula is C12H17N3O3S. The van der Waals surface area contributed by atoms with E-state index in [9.17, 15) is 8.42 Å². The molecule has 1 aromatic rings. The number of ether oxygens (including phenoxy) is 1. The fourth-order valence-electron chi connectivity index (χ4n) is 2.94. The molecule has 2 heterocycles. The lowest BCUT2D eigenvalue weighted by atomic mass is 10.2. The van der Waals surface area contributed by atoms with Crippen molar-refractivity contribution in [2.45, 2.75) is 36.3 Å². The number of fused-ring (bicyclic) bond motifs is 1. The van der Waals surface area contributed by atoms with E-state index >= 15 is 0 Å². The number of pyridine rings is 1. The smallest absolute Gasteiger partial charge is 0.247 e. The van der Waals surface area contributed by atoms with Gasteiger partial charge in [-0.15, -0.1) is 0 Å². The van der Waals surface area contributed by atoms with Crippen LogP contribution in [0, 0.1) is 0 Å². The molecule has 0 amide bonds. The summed E-state index contributed by atoms with van der Waals surface area (Å²) in [6.07, 6.45) is 4.31. The molecule has 2 atom stereocenters. The molecule has 2 aliphatic rings. The van der Waals surface area contributed by atoms with Crippen molar-refractivity contribution < 1.29 is 13.2 Å². The quantitative estimate of drug-likeness (QED) is 0.859. The predicted molar refractivity (Wildman–Crippen MR) is 69.9 cm³/mol. The van der Waals surface area contributed by atoms with Crippen LogP contribution in [0.25, 0.3) is 0 Å². The van der Waals surface area contributed by atoms with Crippen molar-refractivity contribution >= 4 is 15.8 Å². The zero-order valence-electron chi connectivity index (χ0n) is 10.5. The third kappa shape index (κ3) is 2.11. The Kier molecular flexibility index (Phi) is 3.20. The molecule has 1 aliphatic heterocycles. The van der Waals surface area contributed by atoms with Crippen molar-refractivity contribution in [3.63, 3.8) is 0 Å². The first-order chi connectivity index (χ1) is 9.10. The van der Waals surface area contributed by atoms with Crippen molar-refractivity contribution in [2.24, 2.45) is 0 Å². The number of rotatable bonds is 2. The van der Waals surface area contributed by atoms with Crippen LogP contribution in [0.1, 0.15) is 19.3 Å². The van der Waals surface area contributed by atoms with Crippen LogP contribution in [0.2, 0.25) is 0 Å². The molecule has 1 saturated heterocycles. The van der Waals surface area contributed by atoms with E-state index in [2.05, 4.69) is 4.98 Å². The number of nitrogen functional groups attached to an aromatic ring is 1. The van der Waals surface area contributed by atoms with Gasteiger partial charge in [0, 0.05) is 12.7 Å². The fraction of sp³-hybridized carbons (Fsp3) is 0.583. The number of hydrogen-bond acceptors (Lipinski definition) is 5. The Hall–Kier alpha value is -1.18. The van der Waals surface area contributed by atoms with Gasteiger partial charge in [0.2, 0.25) is 10.0 Å². The highest BCUT2D eigenvalue weighted by molar-refractivity contribution is 7.89. The van der Waals surface area contributed by atoms with Crippen LogP contribution in [0.3, 0.4) is 0 Å². The van der Waals surface area contributed by atoms with E-state index < -0.39 is 10.0 Å². The molecule has 2 N–H and O–H groups in total. The molecule has 2 fully saturated rings. The molecular weight excluding hydrogens is 266 g/mol. The Bertz CT molecular complexity index is 575. The summed E-state index contributed by atoms with van der Waals surface area (Å²) >= 11 is 0. The van der Waals surface area contributed by atoms with Crippen molar-refractivity contribution in [2.75, 3.05) is 18.9 Å². The highest BCUT2D eigenvalue weighted by Crippen LogP contribution is 2.34. The molecule has 6 nitrogen and oxygen atoms in total. The number of hydrogen-bond donors (Lipinski definition) is 1. The second-order valence-electron chi connectivity index (χ2n) is 4.91. The van der Waals surface area contributed by atoms with E-state index in [1.165, 1.54) is 12.3 Å². The minimum Gasteiger partial charge on any atom is -0.383 e. The summed E-state index contributed by atoms with van der Waals surface area (Å²) in [6, 6.07) is 3.05. The van der Waals surface area contributed by atoms with Gasteiger partial charge in [-0.3, -0.25) is 0 Å². The highest BCUT2D eigenvalue weighted by Gasteiger charge is 2.42. The molecule has 104 valence electrons. The van der Waals surface area contributed by atoms with Gasteiger partial charge in [-0.2, -0.15) is 4.31 Å². The summed E-state index contributed by atoms with van der Waals surface area (Å²) < 4.78 is 32.6. The van der Waals surface area contributed by atoms with Crippen molar-refractivity contribution in [3.05, 3.63) is 18.3 Å². The van der Waals surface area contributed by atoms with Gasteiger partial charge in [0.05, 0.1) is 18.8 Å². The van der Waals surface area contributed by atoms with E-state index in [0.717, 1.165) is 19.3 Å². The first kappa shape index (κ1) is 12.8. The predicted octanol–water partition coefficient (Wildman–Crippen LogP) is 0.606. The van der Waals surface area contributed by atoms with E-state index in [1.54, 1.807) is 10.4 Å². The van der Waals surface area contributed by atoms with Gasteiger partial charge < -0.3 is 10.5 Å². The molecule has 0 bridgehead atoms.